The first kappa shape index (κ1) is 12.7. The van der Waals surface area contributed by atoms with Crippen LogP contribution < -0.4 is 10.2 Å². The van der Waals surface area contributed by atoms with Gasteiger partial charge in [0, 0.05) is 31.5 Å². The summed E-state index contributed by atoms with van der Waals surface area (Å²) in [7, 11) is 0. The predicted octanol–water partition coefficient (Wildman–Crippen LogP) is 1.59. The predicted molar refractivity (Wildman–Crippen MR) is 77.9 cm³/mol. The van der Waals surface area contributed by atoms with Crippen molar-refractivity contribution in [1.29, 1.82) is 0 Å². The number of amides is 1. The molecule has 3 rings (SSSR count). The molecular formula is C15H18N4O. The third-order valence-corrected chi connectivity index (χ3v) is 3.62. The number of H-pyrrole nitrogens is 1. The van der Waals surface area contributed by atoms with E-state index < -0.39 is 0 Å². The van der Waals surface area contributed by atoms with E-state index in [4.69, 9.17) is 0 Å². The van der Waals surface area contributed by atoms with Gasteiger partial charge in [-0.2, -0.15) is 5.10 Å². The molecule has 0 aliphatic carbocycles. The maximum atomic E-state index is 11.8. The van der Waals surface area contributed by atoms with Crippen molar-refractivity contribution in [2.45, 2.75) is 12.8 Å². The average Bonchev–Trinajstić information content (AvgIpc) is 3.02. The van der Waals surface area contributed by atoms with E-state index in [-0.39, 0.29) is 5.91 Å². The monoisotopic (exact) mass is 270 g/mol. The van der Waals surface area contributed by atoms with E-state index in [1.807, 2.05) is 0 Å². The van der Waals surface area contributed by atoms with Gasteiger partial charge in [0.1, 0.15) is 5.69 Å². The highest BCUT2D eigenvalue weighted by atomic mass is 16.1. The second kappa shape index (κ2) is 5.77. The first-order chi connectivity index (χ1) is 9.84. The van der Waals surface area contributed by atoms with Crippen LogP contribution in [0.1, 0.15) is 22.5 Å². The molecule has 2 aromatic rings. The average molecular weight is 270 g/mol. The number of nitrogens with one attached hydrogen (secondary N) is 2. The quantitative estimate of drug-likeness (QED) is 0.887. The Labute approximate surface area is 118 Å². The molecule has 1 amide bonds. The number of benzene rings is 1. The molecular weight excluding hydrogens is 252 g/mol. The zero-order valence-corrected chi connectivity index (χ0v) is 11.3. The van der Waals surface area contributed by atoms with E-state index in [0.29, 0.717) is 12.2 Å². The summed E-state index contributed by atoms with van der Waals surface area (Å²) >= 11 is 0. The van der Waals surface area contributed by atoms with Crippen molar-refractivity contribution >= 4 is 11.6 Å². The normalized spacial score (nSPS) is 13.9. The van der Waals surface area contributed by atoms with Crippen molar-refractivity contribution in [1.82, 2.24) is 15.5 Å². The van der Waals surface area contributed by atoms with E-state index in [1.165, 1.54) is 17.7 Å². The van der Waals surface area contributed by atoms with Crippen LogP contribution in [0.3, 0.4) is 0 Å². The smallest absolute Gasteiger partial charge is 0.269 e. The number of carbonyl (C=O) groups is 1. The summed E-state index contributed by atoms with van der Waals surface area (Å²) in [5.74, 6) is -0.104. The molecule has 1 aliphatic heterocycles. The number of fused-ring (bicyclic) bond motifs is 1. The minimum absolute atomic E-state index is 0.104. The Balaban J connectivity index is 1.56. The van der Waals surface area contributed by atoms with Crippen LogP contribution in [0.25, 0.3) is 0 Å². The van der Waals surface area contributed by atoms with Gasteiger partial charge in [0.05, 0.1) is 0 Å². The molecule has 0 radical (unpaired) electrons. The Bertz CT molecular complexity index is 579. The van der Waals surface area contributed by atoms with E-state index in [1.54, 1.807) is 12.3 Å². The zero-order valence-electron chi connectivity index (χ0n) is 11.3. The molecule has 0 saturated carbocycles. The first-order valence-corrected chi connectivity index (χ1v) is 6.95. The fourth-order valence-corrected chi connectivity index (χ4v) is 2.63. The fourth-order valence-electron chi connectivity index (χ4n) is 2.63. The number of aromatic nitrogens is 2. The summed E-state index contributed by atoms with van der Waals surface area (Å²) < 4.78 is 0. The van der Waals surface area contributed by atoms with Crippen LogP contribution in [0, 0.1) is 0 Å². The second-order valence-electron chi connectivity index (χ2n) is 4.95. The van der Waals surface area contributed by atoms with Gasteiger partial charge in [-0.25, -0.2) is 0 Å². The number of hydrogen-bond donors (Lipinski definition) is 2. The Hall–Kier alpha value is -2.30. The van der Waals surface area contributed by atoms with Gasteiger partial charge in [0.25, 0.3) is 5.91 Å². The highest BCUT2D eigenvalue weighted by Gasteiger charge is 2.16. The van der Waals surface area contributed by atoms with Crippen molar-refractivity contribution in [3.63, 3.8) is 0 Å². The zero-order chi connectivity index (χ0) is 13.8. The molecule has 2 N–H and O–H groups in total. The lowest BCUT2D eigenvalue weighted by Crippen LogP contribution is -2.37. The van der Waals surface area contributed by atoms with Gasteiger partial charge >= 0.3 is 0 Å². The lowest BCUT2D eigenvalue weighted by molar-refractivity contribution is 0.0949. The van der Waals surface area contributed by atoms with Crippen molar-refractivity contribution in [3.8, 4) is 0 Å². The molecule has 0 fully saturated rings. The molecule has 0 spiro atoms. The third kappa shape index (κ3) is 2.66. The molecule has 1 aliphatic rings. The van der Waals surface area contributed by atoms with Crippen LogP contribution in [-0.2, 0) is 6.42 Å². The number of aromatic amines is 1. The van der Waals surface area contributed by atoms with Gasteiger partial charge < -0.3 is 10.2 Å². The topological polar surface area (TPSA) is 61.0 Å². The molecule has 1 aromatic heterocycles. The van der Waals surface area contributed by atoms with Crippen LogP contribution in [0.15, 0.2) is 36.5 Å². The second-order valence-corrected chi connectivity index (χ2v) is 4.95. The molecule has 20 heavy (non-hydrogen) atoms. The summed E-state index contributed by atoms with van der Waals surface area (Å²) in [6.07, 6.45) is 3.90. The largest absolute Gasteiger partial charge is 0.370 e. The van der Waals surface area contributed by atoms with Crippen molar-refractivity contribution < 1.29 is 4.79 Å². The minimum atomic E-state index is -0.104. The summed E-state index contributed by atoms with van der Waals surface area (Å²) in [5, 5.41) is 9.35. The molecule has 0 bridgehead atoms. The fraction of sp³-hybridized carbons (Fsp3) is 0.333. The van der Waals surface area contributed by atoms with E-state index in [0.717, 1.165) is 19.5 Å². The van der Waals surface area contributed by atoms with Crippen LogP contribution in [0.4, 0.5) is 5.69 Å². The molecule has 1 aromatic carbocycles. The van der Waals surface area contributed by atoms with E-state index in [9.17, 15) is 4.79 Å². The Kier molecular flexibility index (Phi) is 3.67. The molecule has 0 unspecified atom stereocenters. The standard InChI is InChI=1S/C15H18N4O/c20-15(13-7-8-17-18-13)16-9-11-19-10-3-5-12-4-1-2-6-14(12)19/h1-2,4,6-8H,3,5,9-11H2,(H,16,20)(H,17,18). The number of rotatable bonds is 4. The molecule has 5 nitrogen and oxygen atoms in total. The van der Waals surface area contributed by atoms with Gasteiger partial charge in [-0.3, -0.25) is 9.89 Å². The highest BCUT2D eigenvalue weighted by Crippen LogP contribution is 2.25. The molecule has 104 valence electrons. The van der Waals surface area contributed by atoms with E-state index in [2.05, 4.69) is 44.7 Å². The summed E-state index contributed by atoms with van der Waals surface area (Å²) in [4.78, 5) is 14.1. The number of aryl methyl sites for hydroxylation is 1. The molecule has 0 atom stereocenters. The highest BCUT2D eigenvalue weighted by molar-refractivity contribution is 5.92. The number of hydrogen-bond acceptors (Lipinski definition) is 3. The van der Waals surface area contributed by atoms with Gasteiger partial charge in [-0.15, -0.1) is 0 Å². The van der Waals surface area contributed by atoms with Gasteiger partial charge in [-0.05, 0) is 30.5 Å². The Morgan fingerprint density at radius 3 is 3.10 bits per heavy atom. The van der Waals surface area contributed by atoms with Crippen molar-refractivity contribution in [2.75, 3.05) is 24.5 Å². The summed E-state index contributed by atoms with van der Waals surface area (Å²) in [5.41, 5.74) is 3.21. The minimum Gasteiger partial charge on any atom is -0.370 e. The third-order valence-electron chi connectivity index (χ3n) is 3.62. The molecule has 2 heterocycles. The SMILES string of the molecule is O=C(NCCN1CCCc2ccccc21)c1ccn[nH]1. The van der Waals surface area contributed by atoms with Gasteiger partial charge in [-0.1, -0.05) is 18.2 Å². The van der Waals surface area contributed by atoms with Crippen molar-refractivity contribution in [3.05, 3.63) is 47.8 Å². The Morgan fingerprint density at radius 2 is 2.25 bits per heavy atom. The van der Waals surface area contributed by atoms with Crippen molar-refractivity contribution in [2.24, 2.45) is 0 Å². The van der Waals surface area contributed by atoms with Gasteiger partial charge in [0.2, 0.25) is 0 Å². The first-order valence-electron chi connectivity index (χ1n) is 6.95. The molecule has 0 saturated heterocycles. The van der Waals surface area contributed by atoms with Crippen LogP contribution in [0.5, 0.6) is 0 Å². The summed E-state index contributed by atoms with van der Waals surface area (Å²) in [6, 6.07) is 10.2. The Morgan fingerprint density at radius 1 is 1.35 bits per heavy atom. The van der Waals surface area contributed by atoms with Crippen LogP contribution in [-0.4, -0.2) is 35.7 Å². The van der Waals surface area contributed by atoms with Crippen LogP contribution >= 0.6 is 0 Å². The maximum Gasteiger partial charge on any atom is 0.269 e. The van der Waals surface area contributed by atoms with Crippen LogP contribution in [0.2, 0.25) is 0 Å². The number of anilines is 1. The number of carbonyl (C=O) groups excluding carboxylic acids is 1. The number of para-hydroxylation sites is 1. The number of nitrogens with zero attached hydrogens (tertiary/aromatic N) is 2. The lowest BCUT2D eigenvalue weighted by Gasteiger charge is -2.31. The van der Waals surface area contributed by atoms with Gasteiger partial charge in [0.15, 0.2) is 0 Å². The molecule has 5 heteroatoms. The maximum absolute atomic E-state index is 11.8. The lowest BCUT2D eigenvalue weighted by atomic mass is 10.0. The van der Waals surface area contributed by atoms with E-state index >= 15 is 0 Å². The summed E-state index contributed by atoms with van der Waals surface area (Å²) in [6.45, 7) is 2.51.